The average Bonchev–Trinajstić information content (AvgIpc) is 2.92. The Morgan fingerprint density at radius 1 is 1.00 bits per heavy atom. The summed E-state index contributed by atoms with van der Waals surface area (Å²) in [5, 5.41) is 2.63. The monoisotopic (exact) mass is 737 g/mol. The van der Waals surface area contributed by atoms with Crippen molar-refractivity contribution in [2.45, 2.75) is 84.1 Å². The molecule has 0 saturated heterocycles. The SMILES string of the molecule is CCOC(=O)OCCOC(=O)C(CC(=O)C(CC(C)C)SSC[C@H](CCSC)NC(=O)OC(C)(C)C)Cc1ccc(Br)cc1. The number of thioether (sulfide) groups is 1. The Balaban J connectivity index is 2.92. The van der Waals surface area contributed by atoms with Crippen LogP contribution >= 0.6 is 49.3 Å². The van der Waals surface area contributed by atoms with Crippen LogP contribution in [0.5, 0.6) is 0 Å². The van der Waals surface area contributed by atoms with Crippen molar-refractivity contribution in [3.05, 3.63) is 34.3 Å². The molecule has 1 N–H and O–H groups in total. The van der Waals surface area contributed by atoms with Crippen LogP contribution in [-0.4, -0.2) is 78.5 Å². The van der Waals surface area contributed by atoms with E-state index in [-0.39, 0.29) is 49.2 Å². The zero-order valence-electron chi connectivity index (χ0n) is 26.9. The minimum absolute atomic E-state index is 0.0185. The molecule has 13 heteroatoms. The zero-order valence-corrected chi connectivity index (χ0v) is 30.9. The number of ketones is 1. The van der Waals surface area contributed by atoms with E-state index in [1.807, 2.05) is 51.3 Å². The van der Waals surface area contributed by atoms with Crippen molar-refractivity contribution in [1.82, 2.24) is 5.32 Å². The van der Waals surface area contributed by atoms with Crippen LogP contribution in [0.15, 0.2) is 28.7 Å². The third kappa shape index (κ3) is 19.1. The molecule has 0 spiro atoms. The first-order valence-electron chi connectivity index (χ1n) is 14.7. The van der Waals surface area contributed by atoms with Gasteiger partial charge >= 0.3 is 18.2 Å². The van der Waals surface area contributed by atoms with Gasteiger partial charge in [-0.3, -0.25) is 9.59 Å². The smallest absolute Gasteiger partial charge is 0.462 e. The van der Waals surface area contributed by atoms with E-state index in [4.69, 9.17) is 18.9 Å². The highest BCUT2D eigenvalue weighted by atomic mass is 79.9. The molecule has 44 heavy (non-hydrogen) atoms. The van der Waals surface area contributed by atoms with Crippen molar-refractivity contribution >= 4 is 73.3 Å². The van der Waals surface area contributed by atoms with Crippen molar-refractivity contribution in [2.75, 3.05) is 37.6 Å². The van der Waals surface area contributed by atoms with Gasteiger partial charge in [0.15, 0.2) is 0 Å². The Bertz CT molecular complexity index is 1020. The molecule has 2 unspecified atom stereocenters. The maximum Gasteiger partial charge on any atom is 0.508 e. The number of rotatable bonds is 20. The standard InChI is InChI=1S/C31H48BrNO8S3/c1-8-38-30(37)40-15-14-39-28(35)23(18-22-9-11-24(32)12-10-22)19-26(34)27(17-21(2)3)44-43-20-25(13-16-42-7)33-29(36)41-31(4,5)6/h9-12,21,23,25,27H,8,13-20H2,1-7H3,(H,33,36)/t23?,25-,27?/m0/s1. The first-order valence-corrected chi connectivity index (χ1v) is 19.3. The maximum absolute atomic E-state index is 13.7. The van der Waals surface area contributed by atoms with Gasteiger partial charge in [-0.2, -0.15) is 11.8 Å². The number of halogens is 1. The lowest BCUT2D eigenvalue weighted by molar-refractivity contribution is -0.151. The molecule has 0 fully saturated rings. The molecule has 0 heterocycles. The van der Waals surface area contributed by atoms with Gasteiger partial charge in [-0.05, 0) is 82.6 Å². The molecule has 250 valence electrons. The molecule has 9 nitrogen and oxygen atoms in total. The summed E-state index contributed by atoms with van der Waals surface area (Å²) < 4.78 is 21.4. The van der Waals surface area contributed by atoms with E-state index in [1.165, 1.54) is 10.8 Å². The van der Waals surface area contributed by atoms with Crippen molar-refractivity contribution < 1.29 is 38.1 Å². The maximum atomic E-state index is 13.7. The second-order valence-electron chi connectivity index (χ2n) is 11.5. The van der Waals surface area contributed by atoms with E-state index >= 15 is 0 Å². The van der Waals surface area contributed by atoms with Crippen LogP contribution in [-0.2, 0) is 35.0 Å². The normalized spacial score (nSPS) is 13.5. The molecule has 1 rings (SSSR count). The van der Waals surface area contributed by atoms with Crippen molar-refractivity contribution in [3.8, 4) is 0 Å². The molecule has 1 aromatic rings. The Morgan fingerprint density at radius 2 is 1.66 bits per heavy atom. The molecule has 3 atom stereocenters. The van der Waals surface area contributed by atoms with Crippen LogP contribution < -0.4 is 5.32 Å². The number of ether oxygens (including phenoxy) is 4. The van der Waals surface area contributed by atoms with Crippen molar-refractivity contribution in [2.24, 2.45) is 11.8 Å². The summed E-state index contributed by atoms with van der Waals surface area (Å²) >= 11 is 5.13. The number of benzene rings is 1. The summed E-state index contributed by atoms with van der Waals surface area (Å²) in [5.74, 6) is 0.505. The average molecular weight is 739 g/mol. The molecule has 0 bridgehead atoms. The van der Waals surface area contributed by atoms with Gasteiger partial charge in [0.25, 0.3) is 0 Å². The van der Waals surface area contributed by atoms with Gasteiger partial charge in [-0.15, -0.1) is 0 Å². The fourth-order valence-corrected chi connectivity index (χ4v) is 7.74. The van der Waals surface area contributed by atoms with E-state index in [0.717, 1.165) is 22.2 Å². The summed E-state index contributed by atoms with van der Waals surface area (Å²) in [4.78, 5) is 50.7. The number of esters is 1. The minimum atomic E-state index is -0.826. The van der Waals surface area contributed by atoms with Gasteiger partial charge in [0.2, 0.25) is 0 Å². The summed E-state index contributed by atoms with van der Waals surface area (Å²) in [6.45, 7) is 11.2. The quantitative estimate of drug-likeness (QED) is 0.0613. The van der Waals surface area contributed by atoms with Gasteiger partial charge in [0.1, 0.15) is 24.6 Å². The number of nitrogens with one attached hydrogen (secondary N) is 1. The van der Waals surface area contributed by atoms with E-state index in [2.05, 4.69) is 35.1 Å². The Hall–Kier alpha value is -1.57. The Kier molecular flexibility index (Phi) is 20.3. The number of alkyl carbamates (subject to hydrolysis) is 1. The largest absolute Gasteiger partial charge is 0.508 e. The van der Waals surface area contributed by atoms with Crippen molar-refractivity contribution in [3.63, 3.8) is 0 Å². The first kappa shape index (κ1) is 40.5. The molecule has 0 aliphatic rings. The summed E-state index contributed by atoms with van der Waals surface area (Å²) in [7, 11) is 3.04. The molecule has 0 saturated carbocycles. The minimum Gasteiger partial charge on any atom is -0.462 e. The highest BCUT2D eigenvalue weighted by molar-refractivity contribution is 9.10. The fraction of sp³-hybridized carbons (Fsp3) is 0.677. The lowest BCUT2D eigenvalue weighted by Crippen LogP contribution is -2.40. The molecule has 0 aromatic heterocycles. The van der Waals surface area contributed by atoms with Gasteiger partial charge in [0, 0.05) is 22.7 Å². The summed E-state index contributed by atoms with van der Waals surface area (Å²) in [5.41, 5.74) is 0.310. The fourth-order valence-electron chi connectivity index (χ4n) is 3.85. The first-order chi connectivity index (χ1) is 20.7. The summed E-state index contributed by atoms with van der Waals surface area (Å²) in [6, 6.07) is 7.48. The number of carbonyl (C=O) groups is 4. The molecule has 0 aliphatic heterocycles. The number of carbonyl (C=O) groups excluding carboxylic acids is 4. The van der Waals surface area contributed by atoms with E-state index in [1.54, 1.807) is 29.5 Å². The second-order valence-corrected chi connectivity index (χ2v) is 16.0. The zero-order chi connectivity index (χ0) is 33.1. The van der Waals surface area contributed by atoms with E-state index in [0.29, 0.717) is 18.6 Å². The highest BCUT2D eigenvalue weighted by Crippen LogP contribution is 2.34. The summed E-state index contributed by atoms with van der Waals surface area (Å²) in [6.07, 6.45) is 2.52. The molecule has 1 amide bonds. The predicted octanol–water partition coefficient (Wildman–Crippen LogP) is 7.73. The Labute approximate surface area is 283 Å². The second kappa shape index (κ2) is 22.0. The number of Topliss-reactive ketones (excluding diaryl/α,β-unsaturated/α-hetero) is 1. The van der Waals surface area contributed by atoms with E-state index in [9.17, 15) is 19.2 Å². The third-order valence-corrected chi connectivity index (χ3v) is 9.92. The molecule has 0 aliphatic carbocycles. The molecule has 0 radical (unpaired) electrons. The van der Waals surface area contributed by atoms with Crippen LogP contribution in [0.4, 0.5) is 9.59 Å². The van der Waals surface area contributed by atoms with Gasteiger partial charge < -0.3 is 24.3 Å². The van der Waals surface area contributed by atoms with Crippen LogP contribution in [0.25, 0.3) is 0 Å². The lowest BCUT2D eigenvalue weighted by atomic mass is 9.92. The van der Waals surface area contributed by atoms with Gasteiger partial charge in [-0.1, -0.05) is 63.5 Å². The lowest BCUT2D eigenvalue weighted by Gasteiger charge is -2.24. The molecular weight excluding hydrogens is 690 g/mol. The van der Waals surface area contributed by atoms with Gasteiger partial charge in [-0.25, -0.2) is 9.59 Å². The predicted molar refractivity (Wildman–Crippen MR) is 184 cm³/mol. The van der Waals surface area contributed by atoms with Crippen LogP contribution in [0, 0.1) is 11.8 Å². The number of amides is 1. The highest BCUT2D eigenvalue weighted by Gasteiger charge is 2.30. The van der Waals surface area contributed by atoms with Crippen LogP contribution in [0.3, 0.4) is 0 Å². The molecule has 1 aromatic carbocycles. The van der Waals surface area contributed by atoms with Crippen molar-refractivity contribution in [1.29, 1.82) is 0 Å². The Morgan fingerprint density at radius 3 is 2.25 bits per heavy atom. The molecular formula is C31H48BrNO8S3. The van der Waals surface area contributed by atoms with Gasteiger partial charge in [0.05, 0.1) is 17.8 Å². The van der Waals surface area contributed by atoms with E-state index < -0.39 is 29.7 Å². The number of hydrogen-bond acceptors (Lipinski definition) is 11. The van der Waals surface area contributed by atoms with Crippen LogP contribution in [0.2, 0.25) is 0 Å². The third-order valence-electron chi connectivity index (χ3n) is 5.88. The topological polar surface area (TPSA) is 117 Å². The van der Waals surface area contributed by atoms with Crippen LogP contribution in [0.1, 0.15) is 66.4 Å². The number of hydrogen-bond donors (Lipinski definition) is 1.